The minimum absolute atomic E-state index is 0. The van der Waals surface area contributed by atoms with Crippen LogP contribution in [0, 0.1) is 13.8 Å². The van der Waals surface area contributed by atoms with Crippen molar-refractivity contribution >= 4 is 11.6 Å². The van der Waals surface area contributed by atoms with E-state index in [1.54, 1.807) is 7.11 Å². The number of methoxy groups -OCH3 is 1. The predicted molar refractivity (Wildman–Crippen MR) is 92.4 cm³/mol. The van der Waals surface area contributed by atoms with Crippen LogP contribution in [0.15, 0.2) is 12.1 Å². The first-order valence-corrected chi connectivity index (χ1v) is 8.05. The second-order valence-corrected chi connectivity index (χ2v) is 6.52. The summed E-state index contributed by atoms with van der Waals surface area (Å²) in [6.07, 6.45) is 1.89. The molecule has 1 aromatic rings. The maximum atomic E-state index is 12.8. The third kappa shape index (κ3) is 5.84. The van der Waals surface area contributed by atoms with E-state index in [4.69, 9.17) is 4.74 Å². The SMILES string of the molecule is CCCC(C(=O)Nc1c(C)cc(OC)cc1C)[N+](C)(C)CC.[Y]. The van der Waals surface area contributed by atoms with Crippen molar-refractivity contribution in [3.8, 4) is 5.75 Å². The van der Waals surface area contributed by atoms with E-state index in [1.165, 1.54) is 0 Å². The molecule has 0 bridgehead atoms. The van der Waals surface area contributed by atoms with Crippen molar-refractivity contribution in [2.24, 2.45) is 0 Å². The minimum atomic E-state index is -0.0316. The molecule has 1 unspecified atom stereocenters. The maximum absolute atomic E-state index is 12.8. The van der Waals surface area contributed by atoms with E-state index in [-0.39, 0.29) is 44.7 Å². The van der Waals surface area contributed by atoms with E-state index in [0.29, 0.717) is 4.48 Å². The molecule has 1 aromatic carbocycles. The molecule has 1 radical (unpaired) electrons. The molecule has 1 rings (SSSR count). The summed E-state index contributed by atoms with van der Waals surface area (Å²) in [5.41, 5.74) is 2.97. The molecule has 0 aliphatic heterocycles. The van der Waals surface area contributed by atoms with Gasteiger partial charge < -0.3 is 14.5 Å². The van der Waals surface area contributed by atoms with Crippen LogP contribution >= 0.6 is 0 Å². The summed E-state index contributed by atoms with van der Waals surface area (Å²) >= 11 is 0. The minimum Gasteiger partial charge on any atom is -0.497 e. The summed E-state index contributed by atoms with van der Waals surface area (Å²) in [6, 6.07) is 3.88. The molecule has 0 saturated heterocycles. The van der Waals surface area contributed by atoms with Crippen molar-refractivity contribution in [1.29, 1.82) is 0 Å². The van der Waals surface area contributed by atoms with Crippen molar-refractivity contribution in [2.75, 3.05) is 33.1 Å². The fourth-order valence-corrected chi connectivity index (χ4v) is 2.74. The van der Waals surface area contributed by atoms with Gasteiger partial charge >= 0.3 is 0 Å². The summed E-state index contributed by atoms with van der Waals surface area (Å²) in [5, 5.41) is 3.15. The van der Waals surface area contributed by atoms with E-state index in [2.05, 4.69) is 33.3 Å². The van der Waals surface area contributed by atoms with Gasteiger partial charge in [-0.2, -0.15) is 0 Å². The number of likely N-dealkylation sites (N-methyl/N-ethyl adjacent to an activating group) is 1. The molecule has 1 N–H and O–H groups in total. The number of carbonyl (C=O) groups is 1. The molecule has 127 valence electrons. The van der Waals surface area contributed by atoms with Crippen LogP contribution < -0.4 is 10.1 Å². The van der Waals surface area contributed by atoms with E-state index >= 15 is 0 Å². The van der Waals surface area contributed by atoms with Crippen molar-refractivity contribution in [3.05, 3.63) is 23.3 Å². The van der Waals surface area contributed by atoms with Gasteiger partial charge in [0.05, 0.1) is 27.7 Å². The Hall–Kier alpha value is -0.446. The first-order chi connectivity index (χ1) is 10.3. The number of anilines is 1. The Bertz CT molecular complexity index is 507. The second kappa shape index (κ2) is 9.75. The molecule has 0 aliphatic rings. The number of quaternary nitrogens is 1. The average molecular weight is 396 g/mol. The van der Waals surface area contributed by atoms with Crippen LogP contribution in [0.2, 0.25) is 0 Å². The van der Waals surface area contributed by atoms with Crippen LogP contribution in [-0.4, -0.2) is 44.2 Å². The quantitative estimate of drug-likeness (QED) is 0.717. The number of nitrogens with zero attached hydrogens (tertiary/aromatic N) is 1. The van der Waals surface area contributed by atoms with Crippen molar-refractivity contribution in [2.45, 2.75) is 46.6 Å². The van der Waals surface area contributed by atoms with Crippen LogP contribution in [0.3, 0.4) is 0 Å². The van der Waals surface area contributed by atoms with Crippen LogP contribution in [0.4, 0.5) is 5.69 Å². The molecule has 1 atom stereocenters. The third-order valence-electron chi connectivity index (χ3n) is 4.51. The molecule has 0 aromatic heterocycles. The average Bonchev–Trinajstić information content (AvgIpc) is 2.47. The van der Waals surface area contributed by atoms with Crippen LogP contribution in [-0.2, 0) is 37.5 Å². The second-order valence-electron chi connectivity index (χ2n) is 6.52. The molecule has 1 amide bonds. The van der Waals surface area contributed by atoms with Gasteiger partial charge in [-0.15, -0.1) is 0 Å². The zero-order valence-corrected chi connectivity index (χ0v) is 18.5. The van der Waals surface area contributed by atoms with Crippen molar-refractivity contribution in [3.63, 3.8) is 0 Å². The number of amides is 1. The molecule has 4 nitrogen and oxygen atoms in total. The maximum Gasteiger partial charge on any atom is 0.282 e. The fraction of sp³-hybridized carbons (Fsp3) is 0.611. The monoisotopic (exact) mass is 396 g/mol. The van der Waals surface area contributed by atoms with E-state index in [9.17, 15) is 4.79 Å². The number of carbonyl (C=O) groups excluding carboxylic acids is 1. The van der Waals surface area contributed by atoms with Gasteiger partial charge in [-0.05, 0) is 50.5 Å². The van der Waals surface area contributed by atoms with E-state index in [1.807, 2.05) is 26.0 Å². The Balaban J connectivity index is 0.00000484. The van der Waals surface area contributed by atoms with Crippen LogP contribution in [0.5, 0.6) is 5.75 Å². The number of nitrogens with one attached hydrogen (secondary N) is 1. The molecule has 0 saturated carbocycles. The number of hydrogen-bond donors (Lipinski definition) is 1. The molecule has 0 fully saturated rings. The number of hydrogen-bond acceptors (Lipinski definition) is 2. The van der Waals surface area contributed by atoms with Gasteiger partial charge in [-0.1, -0.05) is 6.92 Å². The Morgan fingerprint density at radius 1 is 1.22 bits per heavy atom. The van der Waals surface area contributed by atoms with Gasteiger partial charge in [0.25, 0.3) is 5.91 Å². The summed E-state index contributed by atoms with van der Waals surface area (Å²) in [5.74, 6) is 0.924. The molecule has 23 heavy (non-hydrogen) atoms. The molecule has 5 heteroatoms. The molecule has 0 heterocycles. The topological polar surface area (TPSA) is 38.3 Å². The van der Waals surface area contributed by atoms with Gasteiger partial charge in [0, 0.05) is 44.8 Å². The summed E-state index contributed by atoms with van der Waals surface area (Å²) in [7, 11) is 5.90. The fourth-order valence-electron chi connectivity index (χ4n) is 2.74. The Labute approximate surface area is 166 Å². The number of rotatable bonds is 7. The van der Waals surface area contributed by atoms with Crippen molar-refractivity contribution < 1.29 is 46.7 Å². The zero-order chi connectivity index (χ0) is 16.9. The van der Waals surface area contributed by atoms with Gasteiger partial charge in [-0.25, -0.2) is 0 Å². The van der Waals surface area contributed by atoms with Gasteiger partial charge in [0.2, 0.25) is 0 Å². The smallest absolute Gasteiger partial charge is 0.282 e. The summed E-state index contributed by atoms with van der Waals surface area (Å²) in [6.45, 7) is 9.18. The molecular formula is C18H31N2O2Y+. The third-order valence-corrected chi connectivity index (χ3v) is 4.51. The van der Waals surface area contributed by atoms with Gasteiger partial charge in [-0.3, -0.25) is 4.79 Å². The first-order valence-electron chi connectivity index (χ1n) is 8.05. The van der Waals surface area contributed by atoms with Crippen LogP contribution in [0.25, 0.3) is 0 Å². The van der Waals surface area contributed by atoms with Gasteiger partial charge in [0.1, 0.15) is 5.75 Å². The molecular weight excluding hydrogens is 365 g/mol. The predicted octanol–water partition coefficient (Wildman–Crippen LogP) is 3.51. The Kier molecular flexibility index (Phi) is 9.56. The normalized spacial score (nSPS) is 12.3. The number of aryl methyl sites for hydroxylation is 2. The van der Waals surface area contributed by atoms with Crippen LogP contribution in [0.1, 0.15) is 37.8 Å². The zero-order valence-electron chi connectivity index (χ0n) is 15.7. The number of benzene rings is 1. The van der Waals surface area contributed by atoms with E-state index < -0.39 is 0 Å². The Morgan fingerprint density at radius 3 is 2.13 bits per heavy atom. The Morgan fingerprint density at radius 2 is 1.74 bits per heavy atom. The van der Waals surface area contributed by atoms with Gasteiger partial charge in [0.15, 0.2) is 6.04 Å². The largest absolute Gasteiger partial charge is 0.497 e. The summed E-state index contributed by atoms with van der Waals surface area (Å²) < 4.78 is 5.98. The summed E-state index contributed by atoms with van der Waals surface area (Å²) in [4.78, 5) is 12.8. The van der Waals surface area contributed by atoms with E-state index in [0.717, 1.165) is 42.0 Å². The first kappa shape index (κ1) is 22.6. The standard InChI is InChI=1S/C18H30N2O2.Y/c1-8-10-16(20(5,6)9-2)18(21)19-17-13(3)11-15(22-7)12-14(17)4;/h11-12,16H,8-10H2,1-7H3;/p+1. The number of ether oxygens (including phenoxy) is 1. The molecule has 0 aliphatic carbocycles. The molecule has 0 spiro atoms. The van der Waals surface area contributed by atoms with Crippen molar-refractivity contribution in [1.82, 2.24) is 0 Å².